The minimum Gasteiger partial charge on any atom is -0.483 e. The number of nitrogens with two attached hydrogens (primary N) is 1. The molecule has 0 saturated heterocycles. The Morgan fingerprint density at radius 2 is 2.00 bits per heavy atom. The van der Waals surface area contributed by atoms with Crippen LogP contribution < -0.4 is 15.8 Å². The fourth-order valence-corrected chi connectivity index (χ4v) is 2.72. The van der Waals surface area contributed by atoms with E-state index in [4.69, 9.17) is 10.5 Å². The van der Waals surface area contributed by atoms with Gasteiger partial charge in [-0.05, 0) is 30.9 Å². The summed E-state index contributed by atoms with van der Waals surface area (Å²) in [6.45, 7) is 2.06. The van der Waals surface area contributed by atoms with Gasteiger partial charge in [-0.1, -0.05) is 31.9 Å². The maximum absolute atomic E-state index is 12.0. The third-order valence-corrected chi connectivity index (χ3v) is 3.97. The normalized spacial score (nSPS) is 21.6. The lowest BCUT2D eigenvalue weighted by molar-refractivity contribution is -0.124. The second-order valence-electron chi connectivity index (χ2n) is 5.58. The van der Waals surface area contributed by atoms with Gasteiger partial charge in [-0.3, -0.25) is 9.59 Å². The van der Waals surface area contributed by atoms with Gasteiger partial charge in [0.25, 0.3) is 11.8 Å². The first-order chi connectivity index (χ1) is 10.1. The van der Waals surface area contributed by atoms with Crippen molar-refractivity contribution in [2.24, 2.45) is 11.7 Å². The highest BCUT2D eigenvalue weighted by Gasteiger charge is 2.23. The average Bonchev–Trinajstić information content (AvgIpc) is 2.48. The number of amides is 2. The summed E-state index contributed by atoms with van der Waals surface area (Å²) >= 11 is 0. The molecule has 2 rings (SSSR count). The second kappa shape index (κ2) is 7.11. The molecule has 3 N–H and O–H groups in total. The minimum atomic E-state index is -0.563. The van der Waals surface area contributed by atoms with E-state index < -0.39 is 5.91 Å². The second-order valence-corrected chi connectivity index (χ2v) is 5.58. The first-order valence-corrected chi connectivity index (χ1v) is 7.39. The van der Waals surface area contributed by atoms with Gasteiger partial charge in [0.05, 0.1) is 5.56 Å². The van der Waals surface area contributed by atoms with Crippen LogP contribution in [0.15, 0.2) is 24.3 Å². The maximum Gasteiger partial charge on any atom is 0.258 e. The predicted octanol–water partition coefficient (Wildman–Crippen LogP) is 1.86. The van der Waals surface area contributed by atoms with Gasteiger partial charge in [0.2, 0.25) is 0 Å². The van der Waals surface area contributed by atoms with Crippen LogP contribution in [0.5, 0.6) is 5.75 Å². The average molecular weight is 290 g/mol. The summed E-state index contributed by atoms with van der Waals surface area (Å²) in [7, 11) is 0. The van der Waals surface area contributed by atoms with E-state index in [1.165, 1.54) is 6.42 Å². The molecular weight excluding hydrogens is 268 g/mol. The lowest BCUT2D eigenvalue weighted by Gasteiger charge is -2.29. The molecule has 0 unspecified atom stereocenters. The largest absolute Gasteiger partial charge is 0.483 e. The standard InChI is InChI=1S/C16H22N2O3/c1-11-6-2-4-8-13(11)18-15(19)10-21-14-9-5-3-7-12(14)16(17)20/h3,5,7,9,11,13H,2,4,6,8,10H2,1H3,(H2,17,20)(H,18,19)/t11-,13-/m0/s1. The number of carbonyl (C=O) groups excluding carboxylic acids is 2. The van der Waals surface area contributed by atoms with Crippen LogP contribution in [-0.2, 0) is 4.79 Å². The number of primary amides is 1. The zero-order valence-corrected chi connectivity index (χ0v) is 12.3. The van der Waals surface area contributed by atoms with Gasteiger partial charge in [-0.2, -0.15) is 0 Å². The van der Waals surface area contributed by atoms with Crippen LogP contribution >= 0.6 is 0 Å². The van der Waals surface area contributed by atoms with Crippen LogP contribution in [0, 0.1) is 5.92 Å². The molecule has 0 heterocycles. The molecule has 1 aliphatic carbocycles. The zero-order valence-electron chi connectivity index (χ0n) is 12.3. The van der Waals surface area contributed by atoms with Crippen molar-refractivity contribution >= 4 is 11.8 Å². The number of carbonyl (C=O) groups is 2. The molecule has 114 valence electrons. The molecule has 5 nitrogen and oxygen atoms in total. The third-order valence-electron chi connectivity index (χ3n) is 3.97. The molecule has 2 amide bonds. The number of para-hydroxylation sites is 1. The maximum atomic E-state index is 12.0. The van der Waals surface area contributed by atoms with Crippen molar-refractivity contribution in [2.45, 2.75) is 38.6 Å². The van der Waals surface area contributed by atoms with Crippen LogP contribution in [0.1, 0.15) is 43.0 Å². The summed E-state index contributed by atoms with van der Waals surface area (Å²) in [5.74, 6) is 0.123. The van der Waals surface area contributed by atoms with Crippen LogP contribution in [0.2, 0.25) is 0 Å². The lowest BCUT2D eigenvalue weighted by atomic mass is 9.86. The SMILES string of the molecule is C[C@H]1CCCC[C@@H]1NC(=O)COc1ccccc1C(N)=O. The molecule has 1 aromatic rings. The predicted molar refractivity (Wildman–Crippen MR) is 80.0 cm³/mol. The molecule has 0 aromatic heterocycles. The number of hydrogen-bond donors (Lipinski definition) is 2. The number of nitrogens with one attached hydrogen (secondary N) is 1. The Hall–Kier alpha value is -2.04. The van der Waals surface area contributed by atoms with Crippen molar-refractivity contribution in [2.75, 3.05) is 6.61 Å². The monoisotopic (exact) mass is 290 g/mol. The van der Waals surface area contributed by atoms with E-state index in [1.54, 1.807) is 24.3 Å². The molecule has 0 bridgehead atoms. The molecule has 21 heavy (non-hydrogen) atoms. The molecule has 2 atom stereocenters. The van der Waals surface area contributed by atoms with Gasteiger partial charge in [0.1, 0.15) is 5.75 Å². The lowest BCUT2D eigenvalue weighted by Crippen LogP contribution is -2.43. The fourth-order valence-electron chi connectivity index (χ4n) is 2.72. The highest BCUT2D eigenvalue weighted by atomic mass is 16.5. The Morgan fingerprint density at radius 3 is 2.71 bits per heavy atom. The fraction of sp³-hybridized carbons (Fsp3) is 0.500. The van der Waals surface area contributed by atoms with Crippen LogP contribution in [0.4, 0.5) is 0 Å². The summed E-state index contributed by atoms with van der Waals surface area (Å²) in [4.78, 5) is 23.2. The van der Waals surface area contributed by atoms with E-state index in [2.05, 4.69) is 12.2 Å². The van der Waals surface area contributed by atoms with E-state index >= 15 is 0 Å². The molecular formula is C16H22N2O3. The van der Waals surface area contributed by atoms with Gasteiger partial charge in [0.15, 0.2) is 6.61 Å². The van der Waals surface area contributed by atoms with Gasteiger partial charge >= 0.3 is 0 Å². The van der Waals surface area contributed by atoms with Crippen molar-refractivity contribution in [3.8, 4) is 5.75 Å². The highest BCUT2D eigenvalue weighted by Crippen LogP contribution is 2.23. The summed E-state index contributed by atoms with van der Waals surface area (Å²) in [5, 5.41) is 3.01. The van der Waals surface area contributed by atoms with E-state index in [0.29, 0.717) is 11.7 Å². The van der Waals surface area contributed by atoms with Gasteiger partial charge in [0, 0.05) is 6.04 Å². The number of benzene rings is 1. The highest BCUT2D eigenvalue weighted by molar-refractivity contribution is 5.95. The molecule has 5 heteroatoms. The van der Waals surface area contributed by atoms with Crippen molar-refractivity contribution in [3.63, 3.8) is 0 Å². The Labute approximate surface area is 124 Å². The third kappa shape index (κ3) is 4.21. The zero-order chi connectivity index (χ0) is 15.2. The summed E-state index contributed by atoms with van der Waals surface area (Å²) in [5.41, 5.74) is 5.56. The molecule has 0 radical (unpaired) electrons. The van der Waals surface area contributed by atoms with Crippen molar-refractivity contribution in [1.82, 2.24) is 5.32 Å². The van der Waals surface area contributed by atoms with Crippen molar-refractivity contribution in [1.29, 1.82) is 0 Å². The molecule has 1 aliphatic rings. The van der Waals surface area contributed by atoms with E-state index in [-0.39, 0.29) is 24.1 Å². The van der Waals surface area contributed by atoms with Crippen molar-refractivity contribution in [3.05, 3.63) is 29.8 Å². The van der Waals surface area contributed by atoms with Crippen LogP contribution in [0.25, 0.3) is 0 Å². The van der Waals surface area contributed by atoms with Gasteiger partial charge < -0.3 is 15.8 Å². The number of ether oxygens (including phenoxy) is 1. The van der Waals surface area contributed by atoms with Crippen LogP contribution in [0.3, 0.4) is 0 Å². The van der Waals surface area contributed by atoms with Gasteiger partial charge in [-0.25, -0.2) is 0 Å². The quantitative estimate of drug-likeness (QED) is 0.868. The minimum absolute atomic E-state index is 0.104. The van der Waals surface area contributed by atoms with Gasteiger partial charge in [-0.15, -0.1) is 0 Å². The molecule has 1 fully saturated rings. The molecule has 0 spiro atoms. The first-order valence-electron chi connectivity index (χ1n) is 7.39. The summed E-state index contributed by atoms with van der Waals surface area (Å²) in [6.07, 6.45) is 4.55. The Bertz CT molecular complexity index is 516. The summed E-state index contributed by atoms with van der Waals surface area (Å²) < 4.78 is 5.42. The van der Waals surface area contributed by atoms with Crippen molar-refractivity contribution < 1.29 is 14.3 Å². The smallest absolute Gasteiger partial charge is 0.258 e. The Balaban J connectivity index is 1.88. The van der Waals surface area contributed by atoms with E-state index in [9.17, 15) is 9.59 Å². The Kier molecular flexibility index (Phi) is 5.20. The summed E-state index contributed by atoms with van der Waals surface area (Å²) in [6, 6.07) is 6.89. The number of rotatable bonds is 5. The van der Waals surface area contributed by atoms with Crippen LogP contribution in [-0.4, -0.2) is 24.5 Å². The van der Waals surface area contributed by atoms with E-state index in [0.717, 1.165) is 19.3 Å². The molecule has 0 aliphatic heterocycles. The Morgan fingerprint density at radius 1 is 1.29 bits per heavy atom. The molecule has 1 saturated carbocycles. The van der Waals surface area contributed by atoms with E-state index in [1.807, 2.05) is 0 Å². The molecule has 1 aromatic carbocycles. The number of hydrogen-bond acceptors (Lipinski definition) is 3. The first kappa shape index (κ1) is 15.4. The topological polar surface area (TPSA) is 81.4 Å².